The molecule has 0 heterocycles. The molecule has 0 aliphatic carbocycles. The molecule has 0 radical (unpaired) electrons. The molecular formula is C13H20N2O3. The summed E-state index contributed by atoms with van der Waals surface area (Å²) in [5.74, 6) is 1.10. The number of hydrogen-bond donors (Lipinski definition) is 2. The molecule has 0 saturated carbocycles. The van der Waals surface area contributed by atoms with Crippen LogP contribution in [-0.2, 0) is 4.79 Å². The van der Waals surface area contributed by atoms with Crippen LogP contribution in [0.25, 0.3) is 0 Å². The zero-order valence-electron chi connectivity index (χ0n) is 10.8. The number of amides is 1. The largest absolute Gasteiger partial charge is 0.497 e. The van der Waals surface area contributed by atoms with Gasteiger partial charge in [-0.25, -0.2) is 0 Å². The Morgan fingerprint density at radius 3 is 2.78 bits per heavy atom. The summed E-state index contributed by atoms with van der Waals surface area (Å²) in [6.45, 7) is 3.05. The molecule has 1 amide bonds. The molecule has 0 fully saturated rings. The third-order valence-corrected chi connectivity index (χ3v) is 2.51. The summed E-state index contributed by atoms with van der Waals surface area (Å²) in [7, 11) is 1.60. The summed E-state index contributed by atoms with van der Waals surface area (Å²) < 4.78 is 10.6. The van der Waals surface area contributed by atoms with Gasteiger partial charge in [0.25, 0.3) is 0 Å². The molecule has 18 heavy (non-hydrogen) atoms. The van der Waals surface area contributed by atoms with Gasteiger partial charge in [-0.05, 0) is 18.7 Å². The zero-order chi connectivity index (χ0) is 13.4. The lowest BCUT2D eigenvalue weighted by Crippen LogP contribution is -2.42. The molecule has 1 unspecified atom stereocenters. The number of nitrogens with two attached hydrogens (primary N) is 1. The predicted molar refractivity (Wildman–Crippen MR) is 69.8 cm³/mol. The molecule has 3 N–H and O–H groups in total. The minimum Gasteiger partial charge on any atom is -0.497 e. The summed E-state index contributed by atoms with van der Waals surface area (Å²) in [6.07, 6.45) is 0.542. The molecule has 1 rings (SSSR count). The van der Waals surface area contributed by atoms with E-state index < -0.39 is 0 Å². The molecule has 0 saturated heterocycles. The van der Waals surface area contributed by atoms with Crippen LogP contribution < -0.4 is 20.5 Å². The number of hydrogen-bond acceptors (Lipinski definition) is 4. The van der Waals surface area contributed by atoms with Gasteiger partial charge in [-0.3, -0.25) is 4.79 Å². The Kier molecular flexibility index (Phi) is 6.00. The van der Waals surface area contributed by atoms with Crippen LogP contribution >= 0.6 is 0 Å². The van der Waals surface area contributed by atoms with E-state index in [2.05, 4.69) is 5.32 Å². The van der Waals surface area contributed by atoms with E-state index in [1.165, 1.54) is 0 Å². The number of nitrogens with one attached hydrogen (secondary N) is 1. The molecule has 5 heteroatoms. The van der Waals surface area contributed by atoms with Gasteiger partial charge in [0.2, 0.25) is 5.91 Å². The van der Waals surface area contributed by atoms with E-state index in [9.17, 15) is 4.79 Å². The molecule has 5 nitrogen and oxygen atoms in total. The molecule has 1 aromatic rings. The van der Waals surface area contributed by atoms with E-state index in [1.54, 1.807) is 13.2 Å². The first-order valence-electron chi connectivity index (χ1n) is 5.97. The van der Waals surface area contributed by atoms with Crippen LogP contribution in [0.5, 0.6) is 11.5 Å². The fraction of sp³-hybridized carbons (Fsp3) is 0.462. The van der Waals surface area contributed by atoms with E-state index in [-0.39, 0.29) is 11.9 Å². The van der Waals surface area contributed by atoms with Crippen LogP contribution in [0, 0.1) is 0 Å². The van der Waals surface area contributed by atoms with E-state index >= 15 is 0 Å². The van der Waals surface area contributed by atoms with Gasteiger partial charge in [0.05, 0.1) is 19.8 Å². The molecule has 0 spiro atoms. The lowest BCUT2D eigenvalue weighted by Gasteiger charge is -2.14. The number of carbonyl (C=O) groups is 1. The molecule has 0 aliphatic rings. The molecular weight excluding hydrogens is 232 g/mol. The average molecular weight is 252 g/mol. The second-order valence-electron chi connectivity index (χ2n) is 3.83. The van der Waals surface area contributed by atoms with Crippen molar-refractivity contribution < 1.29 is 14.3 Å². The van der Waals surface area contributed by atoms with Crippen molar-refractivity contribution in [3.05, 3.63) is 24.3 Å². The van der Waals surface area contributed by atoms with Gasteiger partial charge in [-0.2, -0.15) is 0 Å². The Hall–Kier alpha value is -1.75. The van der Waals surface area contributed by atoms with E-state index in [4.69, 9.17) is 15.2 Å². The van der Waals surface area contributed by atoms with Crippen LogP contribution in [0.15, 0.2) is 24.3 Å². The second kappa shape index (κ2) is 7.55. The number of benzene rings is 1. The monoisotopic (exact) mass is 252 g/mol. The first-order chi connectivity index (χ1) is 8.67. The SMILES string of the molecule is CCNC(CCOc1cccc(OC)c1)C(N)=O. The maximum Gasteiger partial charge on any atom is 0.234 e. The molecule has 1 atom stereocenters. The van der Waals surface area contributed by atoms with E-state index in [0.717, 1.165) is 5.75 Å². The van der Waals surface area contributed by atoms with Crippen molar-refractivity contribution in [3.63, 3.8) is 0 Å². The first-order valence-corrected chi connectivity index (χ1v) is 5.97. The Bertz CT molecular complexity index is 382. The zero-order valence-corrected chi connectivity index (χ0v) is 10.8. The molecule has 100 valence electrons. The summed E-state index contributed by atoms with van der Waals surface area (Å²) in [5, 5.41) is 3.01. The highest BCUT2D eigenvalue weighted by atomic mass is 16.5. The summed E-state index contributed by atoms with van der Waals surface area (Å²) in [6, 6.07) is 6.99. The summed E-state index contributed by atoms with van der Waals surface area (Å²) >= 11 is 0. The van der Waals surface area contributed by atoms with Gasteiger partial charge in [0.1, 0.15) is 11.5 Å². The summed E-state index contributed by atoms with van der Waals surface area (Å²) in [5.41, 5.74) is 5.27. The van der Waals surface area contributed by atoms with Gasteiger partial charge >= 0.3 is 0 Å². The average Bonchev–Trinajstić information content (AvgIpc) is 2.38. The smallest absolute Gasteiger partial charge is 0.234 e. The molecule has 0 bridgehead atoms. The molecule has 0 aromatic heterocycles. The highest BCUT2D eigenvalue weighted by Gasteiger charge is 2.13. The lowest BCUT2D eigenvalue weighted by molar-refractivity contribution is -0.120. The number of likely N-dealkylation sites (N-methyl/N-ethyl adjacent to an activating group) is 1. The highest BCUT2D eigenvalue weighted by Crippen LogP contribution is 2.18. The minimum atomic E-state index is -0.355. The van der Waals surface area contributed by atoms with Crippen LogP contribution in [-0.4, -0.2) is 32.2 Å². The van der Waals surface area contributed by atoms with Crippen molar-refractivity contribution in [1.82, 2.24) is 5.32 Å². The highest BCUT2D eigenvalue weighted by molar-refractivity contribution is 5.79. The van der Waals surface area contributed by atoms with Gasteiger partial charge in [0.15, 0.2) is 0 Å². The van der Waals surface area contributed by atoms with Crippen LogP contribution in [0.1, 0.15) is 13.3 Å². The van der Waals surface area contributed by atoms with Crippen molar-refractivity contribution in [2.24, 2.45) is 5.73 Å². The van der Waals surface area contributed by atoms with Crippen molar-refractivity contribution in [3.8, 4) is 11.5 Å². The van der Waals surface area contributed by atoms with E-state index in [0.29, 0.717) is 25.3 Å². The second-order valence-corrected chi connectivity index (χ2v) is 3.83. The maximum absolute atomic E-state index is 11.1. The first kappa shape index (κ1) is 14.3. The Morgan fingerprint density at radius 1 is 1.44 bits per heavy atom. The standard InChI is InChI=1S/C13H20N2O3/c1-3-15-12(13(14)16)7-8-18-11-6-4-5-10(9-11)17-2/h4-6,9,12,15H,3,7-8H2,1-2H3,(H2,14,16). The topological polar surface area (TPSA) is 73.6 Å². The molecule has 1 aromatic carbocycles. The van der Waals surface area contributed by atoms with Gasteiger partial charge in [-0.1, -0.05) is 13.0 Å². The van der Waals surface area contributed by atoms with Gasteiger partial charge in [0, 0.05) is 12.5 Å². The third kappa shape index (κ3) is 4.63. The number of ether oxygens (including phenoxy) is 2. The van der Waals surface area contributed by atoms with Gasteiger partial charge < -0.3 is 20.5 Å². The van der Waals surface area contributed by atoms with Crippen molar-refractivity contribution >= 4 is 5.91 Å². The lowest BCUT2D eigenvalue weighted by atomic mass is 10.2. The Morgan fingerprint density at radius 2 is 2.17 bits per heavy atom. The quantitative estimate of drug-likeness (QED) is 0.721. The van der Waals surface area contributed by atoms with E-state index in [1.807, 2.05) is 25.1 Å². The fourth-order valence-electron chi connectivity index (χ4n) is 1.58. The van der Waals surface area contributed by atoms with Gasteiger partial charge in [-0.15, -0.1) is 0 Å². The van der Waals surface area contributed by atoms with Crippen molar-refractivity contribution in [2.45, 2.75) is 19.4 Å². The summed E-state index contributed by atoms with van der Waals surface area (Å²) in [4.78, 5) is 11.1. The molecule has 0 aliphatic heterocycles. The minimum absolute atomic E-state index is 0.347. The maximum atomic E-state index is 11.1. The Balaban J connectivity index is 2.42. The third-order valence-electron chi connectivity index (χ3n) is 2.51. The van der Waals surface area contributed by atoms with Crippen molar-refractivity contribution in [1.29, 1.82) is 0 Å². The van der Waals surface area contributed by atoms with Crippen LogP contribution in [0.3, 0.4) is 0 Å². The van der Waals surface area contributed by atoms with Crippen molar-refractivity contribution in [2.75, 3.05) is 20.3 Å². The predicted octanol–water partition coefficient (Wildman–Crippen LogP) is 0.927. The van der Waals surface area contributed by atoms with Crippen LogP contribution in [0.2, 0.25) is 0 Å². The number of carbonyl (C=O) groups excluding carboxylic acids is 1. The number of methoxy groups -OCH3 is 1. The van der Waals surface area contributed by atoms with Crippen LogP contribution in [0.4, 0.5) is 0 Å². The fourth-order valence-corrected chi connectivity index (χ4v) is 1.58. The Labute approximate surface area is 107 Å². The number of rotatable bonds is 8. The normalized spacial score (nSPS) is 11.9. The number of primary amides is 1.